The second-order valence-corrected chi connectivity index (χ2v) is 8.90. The van der Waals surface area contributed by atoms with E-state index < -0.39 is 0 Å². The van der Waals surface area contributed by atoms with Gasteiger partial charge in [0.25, 0.3) is 5.56 Å². The first-order chi connectivity index (χ1) is 15.5. The molecular weight excluding hydrogens is 424 g/mol. The van der Waals surface area contributed by atoms with Crippen LogP contribution in [0.5, 0.6) is 11.6 Å². The maximum absolute atomic E-state index is 13.1. The second kappa shape index (κ2) is 8.44. The van der Waals surface area contributed by atoms with Crippen molar-refractivity contribution < 1.29 is 9.47 Å². The lowest BCUT2D eigenvalue weighted by atomic mass is 9.96. The molecule has 0 amide bonds. The molecule has 4 heterocycles. The summed E-state index contributed by atoms with van der Waals surface area (Å²) in [7, 11) is 0. The minimum atomic E-state index is -0.276. The van der Waals surface area contributed by atoms with Gasteiger partial charge in [-0.3, -0.25) is 4.79 Å². The summed E-state index contributed by atoms with van der Waals surface area (Å²) in [6.07, 6.45) is 6.14. The second-order valence-electron chi connectivity index (χ2n) is 8.10. The normalized spacial score (nSPS) is 16.4. The van der Waals surface area contributed by atoms with Crippen LogP contribution in [0.4, 0.5) is 0 Å². The lowest BCUT2D eigenvalue weighted by Crippen LogP contribution is -2.33. The maximum Gasteiger partial charge on any atom is 0.272 e. The van der Waals surface area contributed by atoms with Crippen molar-refractivity contribution >= 4 is 21.6 Å². The highest BCUT2D eigenvalue weighted by Crippen LogP contribution is 2.34. The van der Waals surface area contributed by atoms with Gasteiger partial charge >= 0.3 is 0 Å². The average molecular weight is 449 g/mol. The number of hydrogen-bond acceptors (Lipinski definition) is 7. The third kappa shape index (κ3) is 3.69. The van der Waals surface area contributed by atoms with E-state index in [-0.39, 0.29) is 11.8 Å². The summed E-state index contributed by atoms with van der Waals surface area (Å²) in [6.45, 7) is 6.49. The van der Waals surface area contributed by atoms with Gasteiger partial charge in [0.05, 0.1) is 5.69 Å². The Labute approximate surface area is 189 Å². The van der Waals surface area contributed by atoms with E-state index in [0.29, 0.717) is 23.8 Å². The molecule has 0 radical (unpaired) electrons. The molecule has 1 aromatic carbocycles. The first kappa shape index (κ1) is 20.8. The zero-order chi connectivity index (χ0) is 22.2. The van der Waals surface area contributed by atoms with Gasteiger partial charge in [-0.1, -0.05) is 6.07 Å². The summed E-state index contributed by atoms with van der Waals surface area (Å²) >= 11 is 1.36. The molecule has 0 saturated carbocycles. The largest absolute Gasteiger partial charge is 0.438 e. The number of hydrogen-bond donors (Lipinski definition) is 0. The topological polar surface area (TPSA) is 79.1 Å². The average Bonchev–Trinajstić information content (AvgIpc) is 3.28. The van der Waals surface area contributed by atoms with Crippen LogP contribution >= 0.6 is 11.5 Å². The van der Waals surface area contributed by atoms with Gasteiger partial charge in [-0.2, -0.15) is 9.47 Å². The van der Waals surface area contributed by atoms with Crippen LogP contribution in [-0.4, -0.2) is 25.7 Å². The number of pyridine rings is 1. The van der Waals surface area contributed by atoms with Crippen molar-refractivity contribution in [1.29, 1.82) is 0 Å². The van der Waals surface area contributed by atoms with Crippen molar-refractivity contribution in [3.63, 3.8) is 0 Å². The van der Waals surface area contributed by atoms with Crippen LogP contribution in [0.3, 0.4) is 0 Å². The molecule has 1 saturated heterocycles. The Balaban J connectivity index is 1.49. The summed E-state index contributed by atoms with van der Waals surface area (Å²) in [5.41, 5.74) is 4.23. The highest BCUT2D eigenvalue weighted by atomic mass is 32.1. The van der Waals surface area contributed by atoms with Gasteiger partial charge in [-0.25, -0.2) is 9.67 Å². The molecule has 4 aromatic rings. The number of nitrogens with zero attached hydrogens (tertiary/aromatic N) is 4. The molecule has 5 rings (SSSR count). The van der Waals surface area contributed by atoms with E-state index in [9.17, 15) is 4.79 Å². The molecule has 0 N–H and O–H groups in total. The lowest BCUT2D eigenvalue weighted by molar-refractivity contribution is -0.0428. The van der Waals surface area contributed by atoms with Gasteiger partial charge in [0.1, 0.15) is 10.4 Å². The van der Waals surface area contributed by atoms with Gasteiger partial charge < -0.3 is 9.47 Å². The summed E-state index contributed by atoms with van der Waals surface area (Å²) in [5.74, 6) is 1.23. The van der Waals surface area contributed by atoms with Crippen LogP contribution in [0.1, 0.15) is 42.3 Å². The predicted octanol–water partition coefficient (Wildman–Crippen LogP) is 5.33. The predicted molar refractivity (Wildman–Crippen MR) is 124 cm³/mol. The lowest BCUT2D eigenvalue weighted by Gasteiger charge is -2.25. The number of aryl methyl sites for hydroxylation is 2. The minimum absolute atomic E-state index is 0.0988. The third-order valence-corrected chi connectivity index (χ3v) is 6.68. The zero-order valence-corrected chi connectivity index (χ0v) is 19.1. The SMILES string of the molecule is Cc1cc(Oc2nccc3cnsc23)ccc1-c1c(C)nn(C2CCCCO2)c(=O)c1C. The van der Waals surface area contributed by atoms with Gasteiger partial charge in [-0.05, 0) is 80.9 Å². The Bertz CT molecular complexity index is 1360. The van der Waals surface area contributed by atoms with Crippen LogP contribution in [0, 0.1) is 20.8 Å². The van der Waals surface area contributed by atoms with E-state index >= 15 is 0 Å². The first-order valence-electron chi connectivity index (χ1n) is 10.7. The fourth-order valence-electron chi connectivity index (χ4n) is 4.25. The Morgan fingerprint density at radius 2 is 2.06 bits per heavy atom. The Morgan fingerprint density at radius 3 is 2.84 bits per heavy atom. The molecule has 1 aliphatic rings. The molecule has 0 spiro atoms. The molecule has 0 aliphatic carbocycles. The molecule has 164 valence electrons. The Hall–Kier alpha value is -3.10. The highest BCUT2D eigenvalue weighted by molar-refractivity contribution is 7.13. The van der Waals surface area contributed by atoms with E-state index in [1.807, 2.05) is 51.2 Å². The quantitative estimate of drug-likeness (QED) is 0.420. The third-order valence-electron chi connectivity index (χ3n) is 5.87. The molecule has 8 heteroatoms. The molecule has 7 nitrogen and oxygen atoms in total. The molecule has 1 atom stereocenters. The molecule has 32 heavy (non-hydrogen) atoms. The minimum Gasteiger partial charge on any atom is -0.438 e. The van der Waals surface area contributed by atoms with Crippen LogP contribution < -0.4 is 10.3 Å². The number of fused-ring (bicyclic) bond motifs is 1. The summed E-state index contributed by atoms with van der Waals surface area (Å²) in [6, 6.07) is 7.76. The number of ether oxygens (including phenoxy) is 2. The first-order valence-corrected chi connectivity index (χ1v) is 11.5. The van der Waals surface area contributed by atoms with Crippen LogP contribution in [0.25, 0.3) is 21.2 Å². The zero-order valence-electron chi connectivity index (χ0n) is 18.3. The smallest absolute Gasteiger partial charge is 0.272 e. The Morgan fingerprint density at radius 1 is 1.19 bits per heavy atom. The number of benzene rings is 1. The summed E-state index contributed by atoms with van der Waals surface area (Å²) < 4.78 is 18.5. The standard InChI is InChI=1S/C24H24N4O3S/c1-14-12-18(31-23-22-17(9-10-25-23)13-26-32-22)7-8-19(14)21-15(2)24(29)28(27-16(21)3)20-6-4-5-11-30-20/h7-10,12-13,20H,4-6,11H2,1-3H3. The van der Waals surface area contributed by atoms with Crippen molar-refractivity contribution in [1.82, 2.24) is 19.1 Å². The van der Waals surface area contributed by atoms with Gasteiger partial charge in [0, 0.05) is 35.5 Å². The van der Waals surface area contributed by atoms with Crippen molar-refractivity contribution in [3.05, 3.63) is 63.8 Å². The van der Waals surface area contributed by atoms with Crippen LogP contribution in [0.15, 0.2) is 41.5 Å². The van der Waals surface area contributed by atoms with Crippen LogP contribution in [-0.2, 0) is 4.74 Å². The van der Waals surface area contributed by atoms with E-state index in [1.54, 1.807) is 6.20 Å². The van der Waals surface area contributed by atoms with Crippen molar-refractivity contribution in [3.8, 4) is 22.8 Å². The number of rotatable bonds is 4. The van der Waals surface area contributed by atoms with E-state index in [2.05, 4.69) is 14.5 Å². The molecule has 3 aromatic heterocycles. The maximum atomic E-state index is 13.1. The highest BCUT2D eigenvalue weighted by Gasteiger charge is 2.22. The molecular formula is C24H24N4O3S. The van der Waals surface area contributed by atoms with Gasteiger partial charge in [0.2, 0.25) is 5.88 Å². The van der Waals surface area contributed by atoms with E-state index in [1.165, 1.54) is 16.2 Å². The van der Waals surface area contributed by atoms with Gasteiger partial charge in [-0.15, -0.1) is 0 Å². The fraction of sp³-hybridized carbons (Fsp3) is 0.333. The molecule has 1 aliphatic heterocycles. The molecule has 1 fully saturated rings. The van der Waals surface area contributed by atoms with Gasteiger partial charge in [0.15, 0.2) is 6.23 Å². The van der Waals surface area contributed by atoms with Crippen molar-refractivity contribution in [2.45, 2.75) is 46.3 Å². The summed E-state index contributed by atoms with van der Waals surface area (Å²) in [4.78, 5) is 17.5. The molecule has 1 unspecified atom stereocenters. The van der Waals surface area contributed by atoms with Crippen molar-refractivity contribution in [2.75, 3.05) is 6.61 Å². The Kier molecular flexibility index (Phi) is 5.48. The van der Waals surface area contributed by atoms with Crippen molar-refractivity contribution in [2.24, 2.45) is 0 Å². The fourth-order valence-corrected chi connectivity index (χ4v) is 4.92. The summed E-state index contributed by atoms with van der Waals surface area (Å²) in [5, 5.41) is 5.63. The number of aromatic nitrogens is 4. The molecule has 0 bridgehead atoms. The van der Waals surface area contributed by atoms with Crippen LogP contribution in [0.2, 0.25) is 0 Å². The monoisotopic (exact) mass is 448 g/mol. The van der Waals surface area contributed by atoms with E-state index in [4.69, 9.17) is 9.47 Å². The van der Waals surface area contributed by atoms with E-state index in [0.717, 1.165) is 51.7 Å².